The highest BCUT2D eigenvalue weighted by atomic mass is 35.5. The van der Waals surface area contributed by atoms with E-state index >= 15 is 0 Å². The maximum absolute atomic E-state index is 10.7. The molecule has 0 amide bonds. The second-order valence-corrected chi connectivity index (χ2v) is 6.97. The average Bonchev–Trinajstić information content (AvgIpc) is 3.02. The van der Waals surface area contributed by atoms with Gasteiger partial charge in [-0.3, -0.25) is 0 Å². The quantitative estimate of drug-likeness (QED) is 0.887. The fourth-order valence-electron chi connectivity index (χ4n) is 3.94. The van der Waals surface area contributed by atoms with Crippen LogP contribution in [0.4, 0.5) is 0 Å². The van der Waals surface area contributed by atoms with Crippen LogP contribution in [0.3, 0.4) is 0 Å². The summed E-state index contributed by atoms with van der Waals surface area (Å²) in [5.74, 6) is 1.39. The topological polar surface area (TPSA) is 46.2 Å². The summed E-state index contributed by atoms with van der Waals surface area (Å²) < 4.78 is 0. The van der Waals surface area contributed by atoms with Gasteiger partial charge in [0.1, 0.15) is 0 Å². The Labute approximate surface area is 111 Å². The van der Waals surface area contributed by atoms with E-state index < -0.39 is 6.10 Å². The Bertz CT molecular complexity index is 421. The first kappa shape index (κ1) is 12.0. The van der Waals surface area contributed by atoms with Crippen molar-refractivity contribution in [2.45, 2.75) is 31.8 Å². The molecular formula is C13H18ClNOS. The zero-order chi connectivity index (χ0) is 12.0. The summed E-state index contributed by atoms with van der Waals surface area (Å²) in [5, 5.41) is 13.3. The van der Waals surface area contributed by atoms with Gasteiger partial charge in [0.05, 0.1) is 11.1 Å². The van der Waals surface area contributed by atoms with Crippen molar-refractivity contribution in [3.63, 3.8) is 0 Å². The summed E-state index contributed by atoms with van der Waals surface area (Å²) in [5.41, 5.74) is 5.93. The van der Waals surface area contributed by atoms with Gasteiger partial charge in [0, 0.05) is 22.2 Å². The number of fused-ring (bicyclic) bond motifs is 2. The van der Waals surface area contributed by atoms with E-state index in [0.29, 0.717) is 12.5 Å². The lowest BCUT2D eigenvalue weighted by Crippen LogP contribution is -2.41. The van der Waals surface area contributed by atoms with Crippen LogP contribution in [-0.4, -0.2) is 11.7 Å². The lowest BCUT2D eigenvalue weighted by molar-refractivity contribution is -0.0107. The molecule has 3 rings (SSSR count). The predicted octanol–water partition coefficient (Wildman–Crippen LogP) is 3.20. The number of thiophene rings is 1. The average molecular weight is 272 g/mol. The first-order valence-corrected chi connectivity index (χ1v) is 7.53. The minimum absolute atomic E-state index is 0.0862. The van der Waals surface area contributed by atoms with Crippen LogP contribution < -0.4 is 5.73 Å². The van der Waals surface area contributed by atoms with Crippen molar-refractivity contribution in [1.82, 2.24) is 0 Å². The lowest BCUT2D eigenvalue weighted by atomic mass is 9.69. The molecule has 2 bridgehead atoms. The second-order valence-electron chi connectivity index (χ2n) is 5.59. The molecule has 3 N–H and O–H groups in total. The third kappa shape index (κ3) is 1.75. The van der Waals surface area contributed by atoms with Crippen molar-refractivity contribution in [3.8, 4) is 0 Å². The smallest absolute Gasteiger partial charge is 0.0953 e. The van der Waals surface area contributed by atoms with Crippen LogP contribution in [0.2, 0.25) is 5.02 Å². The zero-order valence-electron chi connectivity index (χ0n) is 9.73. The maximum Gasteiger partial charge on any atom is 0.0953 e. The molecule has 4 unspecified atom stereocenters. The van der Waals surface area contributed by atoms with Crippen molar-refractivity contribution in [2.75, 3.05) is 6.54 Å². The van der Waals surface area contributed by atoms with Crippen LogP contribution >= 0.6 is 22.9 Å². The summed E-state index contributed by atoms with van der Waals surface area (Å²) in [6, 6.07) is 1.89. The van der Waals surface area contributed by atoms with Gasteiger partial charge in [-0.1, -0.05) is 18.0 Å². The number of aliphatic hydroxyl groups is 1. The maximum atomic E-state index is 10.7. The molecule has 4 heteroatoms. The van der Waals surface area contributed by atoms with E-state index in [1.807, 2.05) is 11.4 Å². The van der Waals surface area contributed by atoms with Crippen molar-refractivity contribution in [3.05, 3.63) is 21.3 Å². The van der Waals surface area contributed by atoms with E-state index in [9.17, 15) is 5.11 Å². The Hall–Kier alpha value is -0.0900. The molecule has 17 heavy (non-hydrogen) atoms. The van der Waals surface area contributed by atoms with E-state index in [1.165, 1.54) is 19.3 Å². The summed E-state index contributed by atoms with van der Waals surface area (Å²) in [6.07, 6.45) is 4.47. The Kier molecular flexibility index (Phi) is 2.98. The van der Waals surface area contributed by atoms with Crippen molar-refractivity contribution in [2.24, 2.45) is 23.0 Å². The van der Waals surface area contributed by atoms with E-state index in [0.717, 1.165) is 22.2 Å². The third-order valence-corrected chi connectivity index (χ3v) is 6.14. The molecule has 0 aromatic carbocycles. The second kappa shape index (κ2) is 4.23. The normalized spacial score (nSPS) is 37.6. The molecule has 2 aliphatic rings. The standard InChI is InChI=1S/C13H18ClNOS/c14-10-4-11(17-6-10)12(16)13(7-15)5-8-1-2-9(13)3-8/h4,6,8-9,12,16H,1-3,5,7,15H2. The molecule has 1 heterocycles. The van der Waals surface area contributed by atoms with Gasteiger partial charge >= 0.3 is 0 Å². The molecule has 2 fully saturated rings. The van der Waals surface area contributed by atoms with Crippen LogP contribution in [0.25, 0.3) is 0 Å². The molecule has 2 nitrogen and oxygen atoms in total. The monoisotopic (exact) mass is 271 g/mol. The number of hydrogen-bond acceptors (Lipinski definition) is 3. The minimum atomic E-state index is -0.430. The van der Waals surface area contributed by atoms with E-state index in [2.05, 4.69) is 0 Å². The summed E-state index contributed by atoms with van der Waals surface area (Å²) in [4.78, 5) is 0.980. The molecule has 0 spiro atoms. The highest BCUT2D eigenvalue weighted by Gasteiger charge is 2.54. The molecule has 94 valence electrons. The van der Waals surface area contributed by atoms with Crippen LogP contribution in [0.15, 0.2) is 11.4 Å². The Morgan fingerprint density at radius 3 is 2.88 bits per heavy atom. The Morgan fingerprint density at radius 2 is 2.41 bits per heavy atom. The molecule has 0 saturated heterocycles. The van der Waals surface area contributed by atoms with Gasteiger partial charge < -0.3 is 10.8 Å². The highest BCUT2D eigenvalue weighted by Crippen LogP contribution is 2.60. The van der Waals surface area contributed by atoms with Gasteiger partial charge in [-0.2, -0.15) is 0 Å². The van der Waals surface area contributed by atoms with Crippen LogP contribution in [0.1, 0.15) is 36.7 Å². The van der Waals surface area contributed by atoms with Crippen LogP contribution in [0.5, 0.6) is 0 Å². The van der Waals surface area contributed by atoms with E-state index in [-0.39, 0.29) is 5.41 Å². The molecule has 1 aromatic rings. The molecule has 2 saturated carbocycles. The van der Waals surface area contributed by atoms with Crippen molar-refractivity contribution < 1.29 is 5.11 Å². The van der Waals surface area contributed by atoms with Gasteiger partial charge in [-0.25, -0.2) is 0 Å². The zero-order valence-corrected chi connectivity index (χ0v) is 11.3. The van der Waals surface area contributed by atoms with Crippen LogP contribution in [0, 0.1) is 17.3 Å². The predicted molar refractivity (Wildman–Crippen MR) is 71.2 cm³/mol. The fourth-order valence-corrected chi connectivity index (χ4v) is 5.13. The van der Waals surface area contributed by atoms with Crippen LogP contribution in [-0.2, 0) is 0 Å². The highest BCUT2D eigenvalue weighted by molar-refractivity contribution is 7.10. The molecule has 0 aliphatic heterocycles. The number of halogens is 1. The SMILES string of the molecule is NCC1(C(O)c2cc(Cl)cs2)CC2CCC1C2. The minimum Gasteiger partial charge on any atom is -0.387 e. The number of rotatable bonds is 3. The van der Waals surface area contributed by atoms with Crippen molar-refractivity contribution in [1.29, 1.82) is 0 Å². The largest absolute Gasteiger partial charge is 0.387 e. The van der Waals surface area contributed by atoms with Gasteiger partial charge in [0.15, 0.2) is 0 Å². The first-order valence-electron chi connectivity index (χ1n) is 6.28. The lowest BCUT2D eigenvalue weighted by Gasteiger charge is -2.40. The molecular weight excluding hydrogens is 254 g/mol. The Morgan fingerprint density at radius 1 is 1.59 bits per heavy atom. The summed E-state index contributed by atoms with van der Waals surface area (Å²) in [6.45, 7) is 0.588. The summed E-state index contributed by atoms with van der Waals surface area (Å²) in [7, 11) is 0. The number of hydrogen-bond donors (Lipinski definition) is 2. The number of aliphatic hydroxyl groups excluding tert-OH is 1. The van der Waals surface area contributed by atoms with Gasteiger partial charge in [-0.15, -0.1) is 11.3 Å². The third-order valence-electron chi connectivity index (χ3n) is 4.80. The molecule has 4 atom stereocenters. The van der Waals surface area contributed by atoms with Gasteiger partial charge in [0.25, 0.3) is 0 Å². The van der Waals surface area contributed by atoms with Gasteiger partial charge in [0.2, 0.25) is 0 Å². The van der Waals surface area contributed by atoms with Crippen molar-refractivity contribution >= 4 is 22.9 Å². The molecule has 2 aliphatic carbocycles. The van der Waals surface area contributed by atoms with E-state index in [4.69, 9.17) is 17.3 Å². The Balaban J connectivity index is 1.91. The van der Waals surface area contributed by atoms with E-state index in [1.54, 1.807) is 11.3 Å². The van der Waals surface area contributed by atoms with Gasteiger partial charge in [-0.05, 0) is 37.2 Å². The molecule has 1 aromatic heterocycles. The molecule has 0 radical (unpaired) electrons. The summed E-state index contributed by atoms with van der Waals surface area (Å²) >= 11 is 7.50. The fraction of sp³-hybridized carbons (Fsp3) is 0.692. The first-order chi connectivity index (χ1) is 8.15. The number of nitrogens with two attached hydrogens (primary N) is 1.